The van der Waals surface area contributed by atoms with E-state index in [4.69, 9.17) is 0 Å². The number of sulfonamides is 1. The number of hydrogen-bond acceptors (Lipinski definition) is 4. The molecule has 0 unspecified atom stereocenters. The van der Waals surface area contributed by atoms with Crippen LogP contribution in [0.2, 0.25) is 0 Å². The minimum absolute atomic E-state index is 0.00326. The second-order valence-corrected chi connectivity index (χ2v) is 10.2. The summed E-state index contributed by atoms with van der Waals surface area (Å²) in [6.45, 7) is 6.17. The van der Waals surface area contributed by atoms with Crippen LogP contribution in [0.5, 0.6) is 0 Å². The molecule has 0 aliphatic heterocycles. The third-order valence-electron chi connectivity index (χ3n) is 5.19. The maximum absolute atomic E-state index is 12.9. The molecule has 0 amide bonds. The first-order chi connectivity index (χ1) is 15.1. The molecule has 0 saturated heterocycles. The molecule has 2 aromatic heterocycles. The highest BCUT2D eigenvalue weighted by molar-refractivity contribution is 7.92. The van der Waals surface area contributed by atoms with Crippen LogP contribution >= 0.6 is 0 Å². The average molecular weight is 450 g/mol. The van der Waals surface area contributed by atoms with E-state index in [-0.39, 0.29) is 21.8 Å². The quantitative estimate of drug-likeness (QED) is 0.396. The number of benzene rings is 2. The van der Waals surface area contributed by atoms with Crippen LogP contribution in [-0.2, 0) is 15.4 Å². The van der Waals surface area contributed by atoms with E-state index in [1.54, 1.807) is 54.6 Å². The molecule has 4 rings (SSSR count). The van der Waals surface area contributed by atoms with Gasteiger partial charge in [0.15, 0.2) is 0 Å². The first kappa shape index (κ1) is 21.6. The van der Waals surface area contributed by atoms with Gasteiger partial charge in [0, 0.05) is 5.56 Å². The number of aromatic carboxylic acids is 1. The number of fused-ring (bicyclic) bond motifs is 1. The van der Waals surface area contributed by atoms with E-state index < -0.39 is 16.0 Å². The maximum Gasteiger partial charge on any atom is 0.353 e. The number of carboxylic acids is 1. The zero-order chi connectivity index (χ0) is 23.1. The van der Waals surface area contributed by atoms with Crippen molar-refractivity contribution in [3.05, 3.63) is 78.0 Å². The molecule has 2 aromatic carbocycles. The summed E-state index contributed by atoms with van der Waals surface area (Å²) in [7, 11) is -3.87. The Morgan fingerprint density at radius 2 is 1.62 bits per heavy atom. The van der Waals surface area contributed by atoms with E-state index in [9.17, 15) is 18.3 Å². The van der Waals surface area contributed by atoms with Gasteiger partial charge in [0.25, 0.3) is 10.0 Å². The van der Waals surface area contributed by atoms with E-state index >= 15 is 0 Å². The molecule has 0 spiro atoms. The van der Waals surface area contributed by atoms with E-state index in [1.807, 2.05) is 6.07 Å². The highest BCUT2D eigenvalue weighted by atomic mass is 32.2. The molecular formula is C24H23N3O4S. The fourth-order valence-corrected chi connectivity index (χ4v) is 4.50. The summed E-state index contributed by atoms with van der Waals surface area (Å²) < 4.78 is 28.3. The lowest BCUT2D eigenvalue weighted by Crippen LogP contribution is -2.15. The predicted octanol–water partition coefficient (Wildman–Crippen LogP) is 5.03. The summed E-state index contributed by atoms with van der Waals surface area (Å²) >= 11 is 0. The topological polar surface area (TPSA) is 112 Å². The number of nitrogens with zero attached hydrogens (tertiary/aromatic N) is 1. The number of anilines is 1. The molecule has 0 aliphatic carbocycles. The van der Waals surface area contributed by atoms with Gasteiger partial charge >= 0.3 is 5.97 Å². The van der Waals surface area contributed by atoms with Crippen molar-refractivity contribution < 1.29 is 18.3 Å². The van der Waals surface area contributed by atoms with Gasteiger partial charge in [-0.05, 0) is 40.8 Å². The Morgan fingerprint density at radius 3 is 2.22 bits per heavy atom. The molecule has 2 heterocycles. The zero-order valence-corrected chi connectivity index (χ0v) is 18.7. The Bertz CT molecular complexity index is 1400. The van der Waals surface area contributed by atoms with Crippen LogP contribution in [0.15, 0.2) is 71.6 Å². The van der Waals surface area contributed by atoms with Crippen LogP contribution in [0.3, 0.4) is 0 Å². The molecule has 0 bridgehead atoms. The van der Waals surface area contributed by atoms with E-state index in [0.29, 0.717) is 22.2 Å². The number of aromatic amines is 1. The zero-order valence-electron chi connectivity index (χ0n) is 17.9. The number of carboxylic acid groups (broad SMARTS) is 1. The van der Waals surface area contributed by atoms with Crippen molar-refractivity contribution >= 4 is 32.8 Å². The Balaban J connectivity index is 1.75. The summed E-state index contributed by atoms with van der Waals surface area (Å²) in [4.78, 5) is 19.2. The average Bonchev–Trinajstić information content (AvgIpc) is 3.13. The highest BCUT2D eigenvalue weighted by Gasteiger charge is 2.22. The van der Waals surface area contributed by atoms with Crippen molar-refractivity contribution in [3.8, 4) is 11.1 Å². The minimum atomic E-state index is -3.87. The Labute approximate surface area is 186 Å². The number of nitrogens with one attached hydrogen (secondary N) is 2. The van der Waals surface area contributed by atoms with Gasteiger partial charge in [-0.1, -0.05) is 63.2 Å². The van der Waals surface area contributed by atoms with Crippen LogP contribution in [0.4, 0.5) is 5.82 Å². The Hall–Kier alpha value is -3.65. The molecule has 0 fully saturated rings. The Morgan fingerprint density at radius 1 is 0.969 bits per heavy atom. The van der Waals surface area contributed by atoms with Crippen LogP contribution < -0.4 is 4.72 Å². The van der Waals surface area contributed by atoms with Crippen molar-refractivity contribution in [2.45, 2.75) is 31.1 Å². The van der Waals surface area contributed by atoms with Crippen molar-refractivity contribution in [2.24, 2.45) is 0 Å². The van der Waals surface area contributed by atoms with E-state index in [0.717, 1.165) is 5.56 Å². The van der Waals surface area contributed by atoms with Crippen LogP contribution in [-0.4, -0.2) is 29.5 Å². The monoisotopic (exact) mass is 449 g/mol. The molecule has 4 aromatic rings. The van der Waals surface area contributed by atoms with Crippen LogP contribution in [0, 0.1) is 0 Å². The third-order valence-corrected chi connectivity index (χ3v) is 6.56. The predicted molar refractivity (Wildman–Crippen MR) is 124 cm³/mol. The van der Waals surface area contributed by atoms with Crippen molar-refractivity contribution in [1.29, 1.82) is 0 Å². The molecular weight excluding hydrogens is 426 g/mol. The number of pyridine rings is 1. The standard InChI is InChI=1S/C24H23N3O4S/c1-24(2,3)16-9-11-17(12-10-16)32(30,31)27-19-14-13-18-21(26-19)20(22(25-18)23(28)29)15-7-5-4-6-8-15/h4-14,25H,1-3H3,(H,26,27)(H,28,29). The summed E-state index contributed by atoms with van der Waals surface area (Å²) in [6, 6.07) is 18.8. The molecule has 164 valence electrons. The van der Waals surface area contributed by atoms with Gasteiger partial charge in [0.2, 0.25) is 0 Å². The van der Waals surface area contributed by atoms with Gasteiger partial charge in [-0.2, -0.15) is 0 Å². The lowest BCUT2D eigenvalue weighted by Gasteiger charge is -2.19. The first-order valence-corrected chi connectivity index (χ1v) is 11.5. The smallest absolute Gasteiger partial charge is 0.353 e. The molecule has 0 radical (unpaired) electrons. The largest absolute Gasteiger partial charge is 0.477 e. The second kappa shape index (κ2) is 7.80. The number of carbonyl (C=O) groups is 1. The summed E-state index contributed by atoms with van der Waals surface area (Å²) in [5.41, 5.74) is 2.88. The second-order valence-electron chi connectivity index (χ2n) is 8.52. The van der Waals surface area contributed by atoms with Crippen molar-refractivity contribution in [2.75, 3.05) is 4.72 Å². The SMILES string of the molecule is CC(C)(C)c1ccc(S(=O)(=O)Nc2ccc3[nH]c(C(=O)O)c(-c4ccccc4)c3n2)cc1. The first-order valence-electron chi connectivity index (χ1n) is 10.0. The third kappa shape index (κ3) is 4.09. The lowest BCUT2D eigenvalue weighted by atomic mass is 9.87. The van der Waals surface area contributed by atoms with Crippen LogP contribution in [0.25, 0.3) is 22.2 Å². The van der Waals surface area contributed by atoms with Gasteiger partial charge in [-0.15, -0.1) is 0 Å². The fourth-order valence-electron chi connectivity index (χ4n) is 3.50. The van der Waals surface area contributed by atoms with Crippen LogP contribution in [0.1, 0.15) is 36.8 Å². The molecule has 32 heavy (non-hydrogen) atoms. The molecule has 3 N–H and O–H groups in total. The normalized spacial score (nSPS) is 12.1. The number of aromatic nitrogens is 2. The molecule has 7 nitrogen and oxygen atoms in total. The summed E-state index contributed by atoms with van der Waals surface area (Å²) in [5.74, 6) is -1.02. The van der Waals surface area contributed by atoms with Gasteiger partial charge in [-0.3, -0.25) is 4.72 Å². The van der Waals surface area contributed by atoms with E-state index in [2.05, 4.69) is 35.5 Å². The number of hydrogen-bond donors (Lipinski definition) is 3. The molecule has 0 aliphatic rings. The van der Waals surface area contributed by atoms with Gasteiger partial charge in [0.05, 0.1) is 15.9 Å². The molecule has 8 heteroatoms. The highest BCUT2D eigenvalue weighted by Crippen LogP contribution is 2.32. The van der Waals surface area contributed by atoms with Crippen molar-refractivity contribution in [1.82, 2.24) is 9.97 Å². The number of rotatable bonds is 5. The van der Waals surface area contributed by atoms with Crippen molar-refractivity contribution in [3.63, 3.8) is 0 Å². The summed E-state index contributed by atoms with van der Waals surface area (Å²) in [6.07, 6.45) is 0. The molecule has 0 atom stereocenters. The lowest BCUT2D eigenvalue weighted by molar-refractivity contribution is 0.0692. The van der Waals surface area contributed by atoms with Gasteiger partial charge in [0.1, 0.15) is 11.5 Å². The maximum atomic E-state index is 12.9. The fraction of sp³-hybridized carbons (Fsp3) is 0.167. The summed E-state index contributed by atoms with van der Waals surface area (Å²) in [5, 5.41) is 9.64. The number of H-pyrrole nitrogens is 1. The molecule has 0 saturated carbocycles. The minimum Gasteiger partial charge on any atom is -0.477 e. The van der Waals surface area contributed by atoms with Gasteiger partial charge in [-0.25, -0.2) is 18.2 Å². The van der Waals surface area contributed by atoms with Gasteiger partial charge < -0.3 is 10.1 Å². The van der Waals surface area contributed by atoms with E-state index in [1.165, 1.54) is 6.07 Å². The Kier molecular flexibility index (Phi) is 5.26.